The third-order valence-electron chi connectivity index (χ3n) is 3.61. The summed E-state index contributed by atoms with van der Waals surface area (Å²) in [6.07, 6.45) is 3.97. The van der Waals surface area contributed by atoms with Crippen LogP contribution in [0.4, 0.5) is 0 Å². The van der Waals surface area contributed by atoms with E-state index in [-0.39, 0.29) is 24.2 Å². The number of hydrogen-bond acceptors (Lipinski definition) is 4. The van der Waals surface area contributed by atoms with E-state index in [0.29, 0.717) is 6.42 Å². The zero-order valence-corrected chi connectivity index (χ0v) is 13.9. The smallest absolute Gasteiger partial charge is 0.157 e. The number of halogens is 1. The fraction of sp³-hybridized carbons (Fsp3) is 0.438. The molecule has 0 spiro atoms. The number of morpholine rings is 1. The first-order valence-corrected chi connectivity index (χ1v) is 8.08. The highest BCUT2D eigenvalue weighted by Gasteiger charge is 2.24. The van der Waals surface area contributed by atoms with E-state index >= 15 is 0 Å². The van der Waals surface area contributed by atoms with E-state index in [1.54, 1.807) is 11.8 Å². The van der Waals surface area contributed by atoms with E-state index in [4.69, 9.17) is 4.74 Å². The van der Waals surface area contributed by atoms with Crippen molar-refractivity contribution < 1.29 is 9.53 Å². The predicted molar refractivity (Wildman–Crippen MR) is 90.4 cm³/mol. The summed E-state index contributed by atoms with van der Waals surface area (Å²) in [6, 6.07) is 8.61. The van der Waals surface area contributed by atoms with Crippen LogP contribution in [0.5, 0.6) is 0 Å². The summed E-state index contributed by atoms with van der Waals surface area (Å²) in [7, 11) is 0. The number of carbonyl (C=O) groups is 1. The molecule has 1 aliphatic heterocycles. The first kappa shape index (κ1) is 18.2. The quantitative estimate of drug-likeness (QED) is 0.592. The minimum Gasteiger partial charge on any atom is -0.379 e. The lowest BCUT2D eigenvalue weighted by atomic mass is 9.99. The van der Waals surface area contributed by atoms with Gasteiger partial charge in [-0.05, 0) is 30.0 Å². The van der Waals surface area contributed by atoms with Crippen molar-refractivity contribution in [1.29, 1.82) is 0 Å². The van der Waals surface area contributed by atoms with Crippen molar-refractivity contribution in [2.45, 2.75) is 17.4 Å². The Balaban J connectivity index is 0.00000220. The van der Waals surface area contributed by atoms with E-state index < -0.39 is 0 Å². The number of allylic oxidation sites excluding steroid dienone is 1. The number of nitrogens with zero attached hydrogens (tertiary/aromatic N) is 1. The van der Waals surface area contributed by atoms with Gasteiger partial charge in [0.05, 0.1) is 13.2 Å². The Morgan fingerprint density at radius 1 is 1.38 bits per heavy atom. The van der Waals surface area contributed by atoms with Crippen LogP contribution < -0.4 is 0 Å². The highest BCUT2D eigenvalue weighted by Crippen LogP contribution is 2.27. The second kappa shape index (κ2) is 9.26. The highest BCUT2D eigenvalue weighted by atomic mass is 35.5. The third-order valence-corrected chi connectivity index (χ3v) is 4.35. The molecule has 0 N–H and O–H groups in total. The molecule has 1 aromatic rings. The zero-order chi connectivity index (χ0) is 14.4. The fourth-order valence-electron chi connectivity index (χ4n) is 2.45. The number of rotatable bonds is 6. The van der Waals surface area contributed by atoms with E-state index in [9.17, 15) is 4.79 Å². The Hall–Kier alpha value is -0.810. The van der Waals surface area contributed by atoms with Crippen molar-refractivity contribution in [3.63, 3.8) is 0 Å². The van der Waals surface area contributed by atoms with Gasteiger partial charge in [0, 0.05) is 30.4 Å². The average Bonchev–Trinajstić information content (AvgIpc) is 2.53. The van der Waals surface area contributed by atoms with Crippen molar-refractivity contribution in [2.75, 3.05) is 32.6 Å². The monoisotopic (exact) mass is 327 g/mol. The molecule has 0 amide bonds. The molecule has 1 unspecified atom stereocenters. The topological polar surface area (TPSA) is 29.5 Å². The Labute approximate surface area is 137 Å². The van der Waals surface area contributed by atoms with Gasteiger partial charge in [-0.15, -0.1) is 24.2 Å². The molecule has 5 heteroatoms. The van der Waals surface area contributed by atoms with E-state index in [1.807, 2.05) is 0 Å². The van der Waals surface area contributed by atoms with E-state index in [0.717, 1.165) is 26.3 Å². The summed E-state index contributed by atoms with van der Waals surface area (Å²) in [6.45, 7) is 6.81. The van der Waals surface area contributed by atoms with Crippen LogP contribution >= 0.6 is 24.2 Å². The van der Waals surface area contributed by atoms with Crippen LogP contribution in [0.3, 0.4) is 0 Å². The molecule has 1 saturated heterocycles. The van der Waals surface area contributed by atoms with Gasteiger partial charge in [0.2, 0.25) is 0 Å². The number of ketones is 1. The minimum absolute atomic E-state index is 0. The maximum Gasteiger partial charge on any atom is 0.157 e. The molecular formula is C16H22ClNO2S. The lowest BCUT2D eigenvalue weighted by Gasteiger charge is -2.34. The number of ether oxygens (including phenoxy) is 1. The summed E-state index contributed by atoms with van der Waals surface area (Å²) in [4.78, 5) is 15.4. The normalized spacial score (nSPS) is 16.8. The van der Waals surface area contributed by atoms with Gasteiger partial charge >= 0.3 is 0 Å². The maximum absolute atomic E-state index is 11.8. The van der Waals surface area contributed by atoms with Crippen LogP contribution in [0, 0.1) is 0 Å². The first-order valence-electron chi connectivity index (χ1n) is 6.85. The Morgan fingerprint density at radius 3 is 2.52 bits per heavy atom. The number of carbonyl (C=O) groups excluding carboxylic acids is 1. The van der Waals surface area contributed by atoms with Gasteiger partial charge in [0.15, 0.2) is 5.78 Å². The molecule has 1 heterocycles. The van der Waals surface area contributed by atoms with Gasteiger partial charge in [0.25, 0.3) is 0 Å². The van der Waals surface area contributed by atoms with Crippen molar-refractivity contribution in [1.82, 2.24) is 4.90 Å². The molecule has 0 aliphatic carbocycles. The Morgan fingerprint density at radius 2 is 2.00 bits per heavy atom. The van der Waals surface area contributed by atoms with Crippen LogP contribution in [-0.4, -0.2) is 43.2 Å². The van der Waals surface area contributed by atoms with Gasteiger partial charge in [0.1, 0.15) is 0 Å². The van der Waals surface area contributed by atoms with Crippen molar-refractivity contribution in [3.8, 4) is 0 Å². The molecule has 0 saturated carbocycles. The second-order valence-electron chi connectivity index (χ2n) is 4.81. The molecule has 3 nitrogen and oxygen atoms in total. The molecule has 1 aromatic carbocycles. The van der Waals surface area contributed by atoms with E-state index in [2.05, 4.69) is 42.0 Å². The first-order chi connectivity index (χ1) is 9.74. The van der Waals surface area contributed by atoms with Crippen LogP contribution in [0.25, 0.3) is 0 Å². The molecule has 116 valence electrons. The highest BCUT2D eigenvalue weighted by molar-refractivity contribution is 7.98. The lowest BCUT2D eigenvalue weighted by molar-refractivity contribution is -0.116. The molecule has 1 aliphatic rings. The molecule has 0 aromatic heterocycles. The maximum atomic E-state index is 11.8. The SMILES string of the molecule is C=CC(=O)CC(c1ccc(SC)cc1)N1CCOCC1.Cl. The van der Waals surface area contributed by atoms with Gasteiger partial charge < -0.3 is 4.74 Å². The Bertz CT molecular complexity index is 458. The minimum atomic E-state index is 0. The van der Waals surface area contributed by atoms with Gasteiger partial charge in [-0.2, -0.15) is 0 Å². The molecular weight excluding hydrogens is 306 g/mol. The van der Waals surface area contributed by atoms with Crippen LogP contribution in [-0.2, 0) is 9.53 Å². The van der Waals surface area contributed by atoms with Gasteiger partial charge in [-0.25, -0.2) is 0 Å². The average molecular weight is 328 g/mol. The molecule has 2 rings (SSSR count). The standard InChI is InChI=1S/C16H21NO2S.ClH/c1-3-14(18)12-16(17-8-10-19-11-9-17)13-4-6-15(20-2)7-5-13;/h3-7,16H,1,8-12H2,2H3;1H. The Kier molecular flexibility index (Phi) is 8.04. The number of benzene rings is 1. The fourth-order valence-corrected chi connectivity index (χ4v) is 2.86. The number of thioether (sulfide) groups is 1. The summed E-state index contributed by atoms with van der Waals surface area (Å²) >= 11 is 1.73. The van der Waals surface area contributed by atoms with Crippen molar-refractivity contribution in [2.24, 2.45) is 0 Å². The zero-order valence-electron chi connectivity index (χ0n) is 12.3. The van der Waals surface area contributed by atoms with Gasteiger partial charge in [-0.3, -0.25) is 9.69 Å². The second-order valence-corrected chi connectivity index (χ2v) is 5.69. The van der Waals surface area contributed by atoms with Crippen LogP contribution in [0.15, 0.2) is 41.8 Å². The van der Waals surface area contributed by atoms with Crippen molar-refractivity contribution in [3.05, 3.63) is 42.5 Å². The molecule has 21 heavy (non-hydrogen) atoms. The summed E-state index contributed by atoms with van der Waals surface area (Å²) < 4.78 is 5.40. The van der Waals surface area contributed by atoms with Crippen LogP contribution in [0.1, 0.15) is 18.0 Å². The van der Waals surface area contributed by atoms with Crippen LogP contribution in [0.2, 0.25) is 0 Å². The molecule has 0 bridgehead atoms. The summed E-state index contributed by atoms with van der Waals surface area (Å²) in [5, 5.41) is 0. The summed E-state index contributed by atoms with van der Waals surface area (Å²) in [5.74, 6) is 0.0930. The van der Waals surface area contributed by atoms with E-state index in [1.165, 1.54) is 16.5 Å². The van der Waals surface area contributed by atoms with Gasteiger partial charge in [-0.1, -0.05) is 18.7 Å². The molecule has 1 atom stereocenters. The third kappa shape index (κ3) is 5.15. The van der Waals surface area contributed by atoms with Crippen molar-refractivity contribution >= 4 is 30.0 Å². The molecule has 0 radical (unpaired) electrons. The molecule has 1 fully saturated rings. The summed E-state index contributed by atoms with van der Waals surface area (Å²) in [5.41, 5.74) is 1.19. The number of hydrogen-bond donors (Lipinski definition) is 0. The lowest BCUT2D eigenvalue weighted by Crippen LogP contribution is -2.39. The largest absolute Gasteiger partial charge is 0.379 e. The predicted octanol–water partition coefficient (Wildman–Crippen LogP) is 3.35.